The Labute approximate surface area is 256 Å². The molecule has 2 saturated heterocycles. The van der Waals surface area contributed by atoms with Gasteiger partial charge in [-0.2, -0.15) is 0 Å². The van der Waals surface area contributed by atoms with Gasteiger partial charge >= 0.3 is 5.97 Å². The third-order valence-corrected chi connectivity index (χ3v) is 9.68. The summed E-state index contributed by atoms with van der Waals surface area (Å²) in [6, 6.07) is 21.0. The molecule has 3 aromatic rings. The van der Waals surface area contributed by atoms with Gasteiger partial charge < -0.3 is 24.4 Å². The molecule has 1 unspecified atom stereocenters. The second kappa shape index (κ2) is 11.0. The maximum absolute atomic E-state index is 14.9. The Balaban J connectivity index is 1.40. The van der Waals surface area contributed by atoms with Gasteiger partial charge in [0.2, 0.25) is 5.91 Å². The number of esters is 1. The summed E-state index contributed by atoms with van der Waals surface area (Å²) >= 11 is 0. The minimum Gasteiger partial charge on any atom is -0.465 e. The number of rotatable bonds is 4. The van der Waals surface area contributed by atoms with Crippen molar-refractivity contribution >= 4 is 34.2 Å². The molecule has 4 heterocycles. The van der Waals surface area contributed by atoms with Crippen LogP contribution in [0.25, 0.3) is 10.8 Å². The highest BCUT2D eigenvalue weighted by Crippen LogP contribution is 2.58. The van der Waals surface area contributed by atoms with E-state index >= 15 is 0 Å². The number of allylic oxidation sites excluding steroid dienone is 1. The van der Waals surface area contributed by atoms with Crippen LogP contribution in [0.15, 0.2) is 97.1 Å². The van der Waals surface area contributed by atoms with Crippen molar-refractivity contribution in [1.29, 1.82) is 0 Å². The van der Waals surface area contributed by atoms with E-state index in [-0.39, 0.29) is 19.1 Å². The lowest BCUT2D eigenvalue weighted by Gasteiger charge is -2.40. The van der Waals surface area contributed by atoms with Crippen molar-refractivity contribution < 1.29 is 29.0 Å². The molecular formula is C36H36N2O6. The SMILES string of the molecule is C[C@@]12/C=C\CCCCOC(=O)[C@@H]1[C@H]1C(=O)N([C@H](CO)c3ccccc3)C3C(=O)N(c4ccc5ccccc5c4)CC=C[C@@]31O2. The fraction of sp³-hybridized carbons (Fsp3) is 0.361. The summed E-state index contributed by atoms with van der Waals surface area (Å²) in [7, 11) is 0. The first-order valence-electron chi connectivity index (χ1n) is 15.4. The van der Waals surface area contributed by atoms with Crippen LogP contribution in [0.4, 0.5) is 5.69 Å². The Kier molecular flexibility index (Phi) is 7.14. The maximum atomic E-state index is 14.9. The molecule has 6 atom stereocenters. The molecule has 0 saturated carbocycles. The van der Waals surface area contributed by atoms with Gasteiger partial charge in [0.05, 0.1) is 30.8 Å². The number of ether oxygens (including phenoxy) is 2. The molecule has 0 radical (unpaired) electrons. The zero-order valence-corrected chi connectivity index (χ0v) is 24.7. The van der Waals surface area contributed by atoms with Crippen molar-refractivity contribution in [2.45, 2.75) is 49.5 Å². The molecule has 2 amide bonds. The quantitative estimate of drug-likeness (QED) is 0.348. The van der Waals surface area contributed by atoms with Crippen LogP contribution in [0.3, 0.4) is 0 Å². The van der Waals surface area contributed by atoms with Crippen molar-refractivity contribution in [3.05, 3.63) is 103 Å². The van der Waals surface area contributed by atoms with Gasteiger partial charge in [0.15, 0.2) is 0 Å². The molecule has 1 N–H and O–H groups in total. The molecule has 8 heteroatoms. The standard InChI is InChI=1S/C36H36N2O6/c1-35-18-9-2-3-10-21-43-34(42)30(35)29-32(40)38(28(23-39)25-13-5-4-6-14-25)31-33(41)37(20-11-19-36(29,31)44-35)27-17-16-24-12-7-8-15-26(24)22-27/h4-9,11-19,22,28-31,39H,2-3,10,20-21,23H2,1H3/b18-9-/t28-,29+,30+,31?,35-,36+/m1/s1. The summed E-state index contributed by atoms with van der Waals surface area (Å²) in [6.07, 6.45) is 9.93. The van der Waals surface area contributed by atoms with E-state index in [1.807, 2.05) is 104 Å². The van der Waals surface area contributed by atoms with Gasteiger partial charge in [-0.3, -0.25) is 14.4 Å². The van der Waals surface area contributed by atoms with Crippen LogP contribution >= 0.6 is 0 Å². The Morgan fingerprint density at radius 1 is 0.886 bits per heavy atom. The van der Waals surface area contributed by atoms with Gasteiger partial charge in [-0.1, -0.05) is 85.0 Å². The van der Waals surface area contributed by atoms with E-state index in [0.717, 1.165) is 30.0 Å². The summed E-state index contributed by atoms with van der Waals surface area (Å²) < 4.78 is 12.7. The van der Waals surface area contributed by atoms with Crippen LogP contribution in [0.5, 0.6) is 0 Å². The number of cyclic esters (lactones) is 1. The molecule has 2 fully saturated rings. The van der Waals surface area contributed by atoms with E-state index in [1.54, 1.807) is 4.90 Å². The highest BCUT2D eigenvalue weighted by Gasteiger charge is 2.75. The maximum Gasteiger partial charge on any atom is 0.313 e. The van der Waals surface area contributed by atoms with E-state index in [1.165, 1.54) is 4.90 Å². The first kappa shape index (κ1) is 28.5. The Morgan fingerprint density at radius 2 is 1.66 bits per heavy atom. The highest BCUT2D eigenvalue weighted by atomic mass is 16.6. The molecule has 0 bridgehead atoms. The molecule has 3 aromatic carbocycles. The minimum absolute atomic E-state index is 0.254. The predicted molar refractivity (Wildman–Crippen MR) is 165 cm³/mol. The van der Waals surface area contributed by atoms with Crippen molar-refractivity contribution in [3.8, 4) is 0 Å². The lowest BCUT2D eigenvalue weighted by Crippen LogP contribution is -2.57. The van der Waals surface area contributed by atoms with Crippen LogP contribution in [0.1, 0.15) is 37.8 Å². The van der Waals surface area contributed by atoms with Crippen molar-refractivity contribution in [2.24, 2.45) is 11.8 Å². The number of aliphatic hydroxyl groups excluding tert-OH is 1. The van der Waals surface area contributed by atoms with Gasteiger partial charge in [-0.15, -0.1) is 0 Å². The summed E-state index contributed by atoms with van der Waals surface area (Å²) in [5, 5.41) is 12.8. The first-order chi connectivity index (χ1) is 21.4. The molecule has 7 rings (SSSR count). The number of carbonyl (C=O) groups is 3. The van der Waals surface area contributed by atoms with Gasteiger partial charge in [-0.25, -0.2) is 0 Å². The Bertz CT molecular complexity index is 1670. The number of fused-ring (bicyclic) bond motifs is 3. The molecule has 0 aromatic heterocycles. The average molecular weight is 593 g/mol. The number of benzene rings is 3. The van der Waals surface area contributed by atoms with Crippen molar-refractivity contribution in [1.82, 2.24) is 4.90 Å². The number of likely N-dealkylation sites (tertiary alicyclic amines) is 1. The van der Waals surface area contributed by atoms with Crippen LogP contribution < -0.4 is 4.90 Å². The van der Waals surface area contributed by atoms with E-state index in [0.29, 0.717) is 11.3 Å². The normalized spacial score (nSPS) is 31.6. The van der Waals surface area contributed by atoms with Gasteiger partial charge in [-0.05, 0) is 54.7 Å². The third-order valence-electron chi connectivity index (χ3n) is 9.68. The number of hydrogen-bond donors (Lipinski definition) is 1. The van der Waals surface area contributed by atoms with Crippen molar-refractivity contribution in [2.75, 3.05) is 24.7 Å². The summed E-state index contributed by atoms with van der Waals surface area (Å²) in [5.74, 6) is -3.25. The molecule has 44 heavy (non-hydrogen) atoms. The van der Waals surface area contributed by atoms with Crippen LogP contribution in [0, 0.1) is 11.8 Å². The largest absolute Gasteiger partial charge is 0.465 e. The number of anilines is 1. The summed E-state index contributed by atoms with van der Waals surface area (Å²) in [5.41, 5.74) is -1.26. The van der Waals surface area contributed by atoms with Gasteiger partial charge in [0.25, 0.3) is 5.91 Å². The average Bonchev–Trinajstić information content (AvgIpc) is 3.37. The molecule has 4 aliphatic rings. The molecule has 1 spiro atoms. The number of hydrogen-bond acceptors (Lipinski definition) is 6. The summed E-state index contributed by atoms with van der Waals surface area (Å²) in [4.78, 5) is 46.7. The molecular weight excluding hydrogens is 556 g/mol. The smallest absolute Gasteiger partial charge is 0.313 e. The van der Waals surface area contributed by atoms with Crippen LogP contribution in [-0.2, 0) is 23.9 Å². The van der Waals surface area contributed by atoms with Crippen LogP contribution in [0.2, 0.25) is 0 Å². The highest BCUT2D eigenvalue weighted by molar-refractivity contribution is 6.06. The number of carbonyl (C=O) groups excluding carboxylic acids is 3. The van der Waals surface area contributed by atoms with Crippen molar-refractivity contribution in [3.63, 3.8) is 0 Å². The molecule has 0 aliphatic carbocycles. The molecule has 4 aliphatic heterocycles. The molecule has 8 nitrogen and oxygen atoms in total. The lowest BCUT2D eigenvalue weighted by atomic mass is 9.74. The van der Waals surface area contributed by atoms with E-state index in [2.05, 4.69) is 0 Å². The van der Waals surface area contributed by atoms with Gasteiger partial charge in [0, 0.05) is 12.2 Å². The first-order valence-corrected chi connectivity index (χ1v) is 15.4. The fourth-order valence-corrected chi connectivity index (χ4v) is 7.68. The van der Waals surface area contributed by atoms with Crippen LogP contribution in [-0.4, -0.2) is 64.8 Å². The summed E-state index contributed by atoms with van der Waals surface area (Å²) in [6.45, 7) is 1.91. The zero-order valence-electron chi connectivity index (χ0n) is 24.7. The van der Waals surface area contributed by atoms with E-state index < -0.39 is 53.6 Å². The number of nitrogens with zero attached hydrogens (tertiary/aromatic N) is 2. The molecule has 226 valence electrons. The topological polar surface area (TPSA) is 96.4 Å². The predicted octanol–water partition coefficient (Wildman–Crippen LogP) is 4.73. The van der Waals surface area contributed by atoms with E-state index in [4.69, 9.17) is 9.47 Å². The van der Waals surface area contributed by atoms with E-state index in [9.17, 15) is 19.5 Å². The Morgan fingerprint density at radius 3 is 2.45 bits per heavy atom. The Hall–Kier alpha value is -4.27. The second-order valence-corrected chi connectivity index (χ2v) is 12.3. The minimum atomic E-state index is -1.46. The lowest BCUT2D eigenvalue weighted by molar-refractivity contribution is -0.160. The second-order valence-electron chi connectivity index (χ2n) is 12.3. The van der Waals surface area contributed by atoms with Gasteiger partial charge in [0.1, 0.15) is 17.6 Å². The third kappa shape index (κ3) is 4.39. The monoisotopic (exact) mass is 592 g/mol. The fourth-order valence-electron chi connectivity index (χ4n) is 7.68. The number of aliphatic hydroxyl groups is 1. The number of amides is 2. The zero-order chi connectivity index (χ0) is 30.5.